The average Bonchev–Trinajstić information content (AvgIpc) is 3.35. The zero-order valence-corrected chi connectivity index (χ0v) is 19.3. The number of hydrogen-bond acceptors (Lipinski definition) is 7. The molecule has 3 aromatic rings. The standard InChI is InChI=1S/C22H30N4OS2/c1-4-6-11-16-14-9-7-10-15(14)17-18-19(29-21(17)24-16)20(26-22(25-18)28-3)23-12-8-13-27-5-2/h4-13H2,1-3H3,(H,23,25,26). The molecule has 0 radical (unpaired) electrons. The third kappa shape index (κ3) is 4.23. The van der Waals surface area contributed by atoms with Gasteiger partial charge in [-0.3, -0.25) is 0 Å². The molecule has 0 fully saturated rings. The van der Waals surface area contributed by atoms with Gasteiger partial charge in [0.1, 0.15) is 10.6 Å². The van der Waals surface area contributed by atoms with Crippen molar-refractivity contribution >= 4 is 49.3 Å². The minimum Gasteiger partial charge on any atom is -0.382 e. The predicted molar refractivity (Wildman–Crippen MR) is 125 cm³/mol. The molecular formula is C22H30N4OS2. The van der Waals surface area contributed by atoms with E-state index < -0.39 is 0 Å². The summed E-state index contributed by atoms with van der Waals surface area (Å²) in [7, 11) is 0. The first kappa shape index (κ1) is 20.8. The molecule has 0 bridgehead atoms. The lowest BCUT2D eigenvalue weighted by molar-refractivity contribution is 0.147. The van der Waals surface area contributed by atoms with Gasteiger partial charge < -0.3 is 10.1 Å². The lowest BCUT2D eigenvalue weighted by atomic mass is 10.0. The highest BCUT2D eigenvalue weighted by Gasteiger charge is 2.24. The Kier molecular flexibility index (Phi) is 6.88. The molecule has 5 nitrogen and oxygen atoms in total. The lowest BCUT2D eigenvalue weighted by Gasteiger charge is -2.09. The maximum atomic E-state index is 5.46. The molecule has 0 saturated carbocycles. The Bertz CT molecular complexity index is 1000. The van der Waals surface area contributed by atoms with Crippen molar-refractivity contribution in [3.8, 4) is 0 Å². The summed E-state index contributed by atoms with van der Waals surface area (Å²) in [5.74, 6) is 0.945. The van der Waals surface area contributed by atoms with Crippen LogP contribution in [-0.4, -0.2) is 41.0 Å². The van der Waals surface area contributed by atoms with Gasteiger partial charge in [-0.25, -0.2) is 15.0 Å². The van der Waals surface area contributed by atoms with E-state index in [1.165, 1.54) is 41.5 Å². The number of fused-ring (bicyclic) bond motifs is 5. The number of pyridine rings is 1. The van der Waals surface area contributed by atoms with Crippen LogP contribution in [0.5, 0.6) is 0 Å². The number of anilines is 1. The van der Waals surface area contributed by atoms with Crippen molar-refractivity contribution in [1.82, 2.24) is 15.0 Å². The van der Waals surface area contributed by atoms with Gasteiger partial charge in [0.25, 0.3) is 0 Å². The molecule has 0 aliphatic heterocycles. The summed E-state index contributed by atoms with van der Waals surface area (Å²) in [4.78, 5) is 16.0. The Balaban J connectivity index is 1.78. The zero-order valence-electron chi connectivity index (χ0n) is 17.6. The van der Waals surface area contributed by atoms with Gasteiger partial charge in [0.05, 0.1) is 10.2 Å². The van der Waals surface area contributed by atoms with Crippen molar-refractivity contribution in [2.24, 2.45) is 0 Å². The fraction of sp³-hybridized carbons (Fsp3) is 0.591. The van der Waals surface area contributed by atoms with Crippen molar-refractivity contribution in [1.29, 1.82) is 0 Å². The lowest BCUT2D eigenvalue weighted by Crippen LogP contribution is -2.07. The molecule has 0 spiro atoms. The van der Waals surface area contributed by atoms with Crippen molar-refractivity contribution < 1.29 is 4.74 Å². The second-order valence-corrected chi connectivity index (χ2v) is 9.24. The van der Waals surface area contributed by atoms with Gasteiger partial charge in [-0.2, -0.15) is 0 Å². The van der Waals surface area contributed by atoms with Gasteiger partial charge in [0, 0.05) is 30.8 Å². The zero-order chi connectivity index (χ0) is 20.2. The predicted octanol–water partition coefficient (Wildman–Crippen LogP) is 5.63. The minimum atomic E-state index is 0.766. The van der Waals surface area contributed by atoms with Gasteiger partial charge in [-0.05, 0) is 62.8 Å². The molecule has 3 aromatic heterocycles. The van der Waals surface area contributed by atoms with Crippen LogP contribution in [0.4, 0.5) is 5.82 Å². The summed E-state index contributed by atoms with van der Waals surface area (Å²) in [6.45, 7) is 6.67. The Morgan fingerprint density at radius 2 is 1.97 bits per heavy atom. The van der Waals surface area contributed by atoms with E-state index in [4.69, 9.17) is 19.7 Å². The first-order valence-corrected chi connectivity index (χ1v) is 12.8. The van der Waals surface area contributed by atoms with E-state index in [0.29, 0.717) is 0 Å². The Hall–Kier alpha value is -1.44. The van der Waals surface area contributed by atoms with E-state index in [1.54, 1.807) is 23.1 Å². The van der Waals surface area contributed by atoms with E-state index in [-0.39, 0.29) is 0 Å². The number of aryl methyl sites for hydroxylation is 2. The number of rotatable bonds is 10. The maximum Gasteiger partial charge on any atom is 0.189 e. The average molecular weight is 431 g/mol. The maximum absolute atomic E-state index is 5.46. The van der Waals surface area contributed by atoms with Crippen LogP contribution in [0.25, 0.3) is 20.4 Å². The summed E-state index contributed by atoms with van der Waals surface area (Å²) in [5.41, 5.74) is 5.41. The van der Waals surface area contributed by atoms with Crippen LogP contribution in [0.2, 0.25) is 0 Å². The highest BCUT2D eigenvalue weighted by Crippen LogP contribution is 2.42. The fourth-order valence-corrected chi connectivity index (χ4v) is 5.61. The van der Waals surface area contributed by atoms with Crippen LogP contribution >= 0.6 is 23.1 Å². The molecule has 1 aliphatic rings. The highest BCUT2D eigenvalue weighted by atomic mass is 32.2. The Morgan fingerprint density at radius 1 is 1.10 bits per heavy atom. The summed E-state index contributed by atoms with van der Waals surface area (Å²) in [6, 6.07) is 0. The summed E-state index contributed by atoms with van der Waals surface area (Å²) in [5, 5.41) is 5.65. The third-order valence-corrected chi connectivity index (χ3v) is 7.14. The summed E-state index contributed by atoms with van der Waals surface area (Å²) in [6.07, 6.45) is 10.1. The van der Waals surface area contributed by atoms with E-state index >= 15 is 0 Å². The van der Waals surface area contributed by atoms with Crippen LogP contribution < -0.4 is 5.32 Å². The number of thiophene rings is 1. The summed E-state index contributed by atoms with van der Waals surface area (Å²) < 4.78 is 6.61. The second kappa shape index (κ2) is 9.58. The molecular weight excluding hydrogens is 400 g/mol. The number of hydrogen-bond donors (Lipinski definition) is 1. The molecule has 1 N–H and O–H groups in total. The minimum absolute atomic E-state index is 0.766. The van der Waals surface area contributed by atoms with Crippen LogP contribution in [0.3, 0.4) is 0 Å². The summed E-state index contributed by atoms with van der Waals surface area (Å²) >= 11 is 3.35. The smallest absolute Gasteiger partial charge is 0.189 e. The number of thioether (sulfide) groups is 1. The quantitative estimate of drug-likeness (QED) is 0.255. The monoisotopic (exact) mass is 430 g/mol. The van der Waals surface area contributed by atoms with E-state index in [0.717, 1.165) is 71.5 Å². The Morgan fingerprint density at radius 3 is 2.76 bits per heavy atom. The number of nitrogens with one attached hydrogen (secondary N) is 1. The fourth-order valence-electron chi connectivity index (χ4n) is 4.11. The van der Waals surface area contributed by atoms with Gasteiger partial charge in [0.2, 0.25) is 0 Å². The SMILES string of the molecule is CCCCc1nc2sc3c(NCCCOCC)nc(SC)nc3c2c2c1CCC2. The van der Waals surface area contributed by atoms with E-state index in [2.05, 4.69) is 12.2 Å². The normalized spacial score (nSPS) is 13.5. The van der Waals surface area contributed by atoms with Crippen molar-refractivity contribution in [2.45, 2.75) is 63.9 Å². The molecule has 4 rings (SSSR count). The topological polar surface area (TPSA) is 59.9 Å². The molecule has 156 valence electrons. The molecule has 29 heavy (non-hydrogen) atoms. The van der Waals surface area contributed by atoms with Crippen molar-refractivity contribution in [2.75, 3.05) is 31.3 Å². The first-order chi connectivity index (χ1) is 14.3. The van der Waals surface area contributed by atoms with Crippen LogP contribution in [0.15, 0.2) is 5.16 Å². The first-order valence-electron chi connectivity index (χ1n) is 10.8. The van der Waals surface area contributed by atoms with Crippen LogP contribution in [0.1, 0.15) is 56.4 Å². The van der Waals surface area contributed by atoms with E-state index in [1.807, 2.05) is 13.2 Å². The number of nitrogens with zero attached hydrogens (tertiary/aromatic N) is 3. The molecule has 1 aliphatic carbocycles. The van der Waals surface area contributed by atoms with Crippen molar-refractivity contribution in [3.05, 3.63) is 16.8 Å². The molecule has 0 saturated heterocycles. The molecule has 7 heteroatoms. The van der Waals surface area contributed by atoms with Gasteiger partial charge >= 0.3 is 0 Å². The molecule has 0 atom stereocenters. The van der Waals surface area contributed by atoms with Gasteiger partial charge in [-0.1, -0.05) is 25.1 Å². The number of aromatic nitrogens is 3. The number of unbranched alkanes of at least 4 members (excludes halogenated alkanes) is 1. The molecule has 3 heterocycles. The van der Waals surface area contributed by atoms with Crippen molar-refractivity contribution in [3.63, 3.8) is 0 Å². The van der Waals surface area contributed by atoms with Gasteiger partial charge in [0.15, 0.2) is 5.16 Å². The molecule has 0 aromatic carbocycles. The molecule has 0 unspecified atom stereocenters. The van der Waals surface area contributed by atoms with E-state index in [9.17, 15) is 0 Å². The Labute approximate surface area is 181 Å². The highest BCUT2D eigenvalue weighted by molar-refractivity contribution is 7.98. The van der Waals surface area contributed by atoms with Crippen LogP contribution in [0, 0.1) is 0 Å². The van der Waals surface area contributed by atoms with Gasteiger partial charge in [-0.15, -0.1) is 11.3 Å². The third-order valence-electron chi connectivity index (χ3n) is 5.51. The molecule has 0 amide bonds. The number of ether oxygens (including phenoxy) is 1. The largest absolute Gasteiger partial charge is 0.382 e. The van der Waals surface area contributed by atoms with Crippen LogP contribution in [-0.2, 0) is 24.0 Å². The second-order valence-electron chi connectivity index (χ2n) is 7.47.